The zero-order valence-corrected chi connectivity index (χ0v) is 11.1. The number of hydrogen-bond donors (Lipinski definition) is 1. The van der Waals surface area contributed by atoms with Gasteiger partial charge in [-0.2, -0.15) is 0 Å². The summed E-state index contributed by atoms with van der Waals surface area (Å²) in [6.07, 6.45) is 3.09. The van der Waals surface area contributed by atoms with Gasteiger partial charge in [0.05, 0.1) is 6.10 Å². The van der Waals surface area contributed by atoms with Gasteiger partial charge < -0.3 is 10.0 Å². The highest BCUT2D eigenvalue weighted by molar-refractivity contribution is 5.50. The van der Waals surface area contributed by atoms with Gasteiger partial charge in [-0.1, -0.05) is 12.1 Å². The number of aliphatic hydroxyl groups excluding tert-OH is 1. The van der Waals surface area contributed by atoms with Crippen LogP contribution in [0.2, 0.25) is 0 Å². The lowest BCUT2D eigenvalue weighted by atomic mass is 10.0. The summed E-state index contributed by atoms with van der Waals surface area (Å²) in [5.41, 5.74) is 0.788. The second-order valence-electron chi connectivity index (χ2n) is 5.16. The van der Waals surface area contributed by atoms with E-state index in [1.54, 1.807) is 13.1 Å². The highest BCUT2D eigenvalue weighted by Crippen LogP contribution is 2.28. The first-order valence-electron chi connectivity index (χ1n) is 5.89. The maximum absolute atomic E-state index is 9.79. The normalized spacial score (nSPS) is 13.2. The van der Waals surface area contributed by atoms with Crippen molar-refractivity contribution in [1.82, 2.24) is 4.98 Å². The van der Waals surface area contributed by atoms with Crippen molar-refractivity contribution < 1.29 is 5.11 Å². The molecule has 0 bridgehead atoms. The van der Waals surface area contributed by atoms with Crippen LogP contribution in [0.1, 0.15) is 39.4 Å². The fourth-order valence-electron chi connectivity index (χ4n) is 1.77. The van der Waals surface area contributed by atoms with Crippen LogP contribution in [0.15, 0.2) is 31.0 Å². The van der Waals surface area contributed by atoms with E-state index < -0.39 is 6.10 Å². The number of rotatable bonds is 4. The zero-order valence-electron chi connectivity index (χ0n) is 11.1. The fraction of sp³-hybridized carbons (Fsp3) is 0.500. The Kier molecular flexibility index (Phi) is 4.29. The van der Waals surface area contributed by atoms with Gasteiger partial charge in [-0.05, 0) is 33.8 Å². The van der Waals surface area contributed by atoms with Crippen molar-refractivity contribution in [2.24, 2.45) is 0 Å². The smallest absolute Gasteiger partial charge is 0.135 e. The van der Waals surface area contributed by atoms with Crippen LogP contribution in [0.5, 0.6) is 0 Å². The van der Waals surface area contributed by atoms with E-state index in [9.17, 15) is 5.11 Å². The predicted molar refractivity (Wildman–Crippen MR) is 72.2 cm³/mol. The van der Waals surface area contributed by atoms with Crippen LogP contribution in [0.3, 0.4) is 0 Å². The maximum Gasteiger partial charge on any atom is 0.135 e. The molecule has 1 rings (SSSR count). The molecular weight excluding hydrogens is 212 g/mol. The lowest BCUT2D eigenvalue weighted by molar-refractivity contribution is 0.199. The van der Waals surface area contributed by atoms with Gasteiger partial charge in [0, 0.05) is 23.8 Å². The van der Waals surface area contributed by atoms with Crippen LogP contribution < -0.4 is 4.90 Å². The molecule has 1 aromatic heterocycles. The fourth-order valence-corrected chi connectivity index (χ4v) is 1.77. The molecule has 1 aromatic rings. The molecule has 0 saturated heterocycles. The van der Waals surface area contributed by atoms with E-state index in [-0.39, 0.29) is 5.54 Å². The quantitative estimate of drug-likeness (QED) is 0.814. The predicted octanol–water partition coefficient (Wildman–Crippen LogP) is 2.93. The summed E-state index contributed by atoms with van der Waals surface area (Å²) in [6.45, 7) is 12.6. The third-order valence-electron chi connectivity index (χ3n) is 2.64. The first-order valence-corrected chi connectivity index (χ1v) is 5.89. The van der Waals surface area contributed by atoms with Gasteiger partial charge in [-0.25, -0.2) is 4.98 Å². The first kappa shape index (κ1) is 13.7. The molecule has 3 heteroatoms. The van der Waals surface area contributed by atoms with E-state index in [0.717, 1.165) is 11.4 Å². The minimum absolute atomic E-state index is 0.0633. The molecule has 0 aliphatic heterocycles. The molecule has 1 heterocycles. The van der Waals surface area contributed by atoms with E-state index in [4.69, 9.17) is 0 Å². The van der Waals surface area contributed by atoms with E-state index >= 15 is 0 Å². The number of pyridine rings is 1. The Balaban J connectivity index is 3.23. The van der Waals surface area contributed by atoms with Crippen LogP contribution in [0.4, 0.5) is 5.82 Å². The number of nitrogens with zero attached hydrogens (tertiary/aromatic N) is 2. The van der Waals surface area contributed by atoms with Crippen molar-refractivity contribution >= 4 is 5.82 Å². The molecule has 94 valence electrons. The number of aliphatic hydroxyl groups is 1. The average molecular weight is 234 g/mol. The van der Waals surface area contributed by atoms with E-state index in [0.29, 0.717) is 6.54 Å². The molecule has 0 fully saturated rings. The van der Waals surface area contributed by atoms with Gasteiger partial charge in [-0.15, -0.1) is 6.58 Å². The van der Waals surface area contributed by atoms with E-state index in [1.807, 2.05) is 18.2 Å². The maximum atomic E-state index is 9.79. The molecule has 17 heavy (non-hydrogen) atoms. The Labute approximate surface area is 104 Å². The van der Waals surface area contributed by atoms with Crippen molar-refractivity contribution in [2.75, 3.05) is 11.4 Å². The van der Waals surface area contributed by atoms with Gasteiger partial charge in [0.15, 0.2) is 0 Å². The Morgan fingerprint density at radius 2 is 2.18 bits per heavy atom. The highest BCUT2D eigenvalue weighted by atomic mass is 16.3. The van der Waals surface area contributed by atoms with Crippen LogP contribution in [-0.2, 0) is 0 Å². The van der Waals surface area contributed by atoms with Crippen LogP contribution in [-0.4, -0.2) is 22.2 Å². The highest BCUT2D eigenvalue weighted by Gasteiger charge is 2.24. The molecule has 0 amide bonds. The second-order valence-corrected chi connectivity index (χ2v) is 5.16. The van der Waals surface area contributed by atoms with Crippen LogP contribution in [0.25, 0.3) is 0 Å². The number of aromatic nitrogens is 1. The standard InChI is InChI=1S/C14H22N2O/c1-6-10-16(14(3,4)5)13-12(11(2)17)8-7-9-15-13/h6-9,11,17H,1,10H2,2-5H3/t11-/m0/s1. The Morgan fingerprint density at radius 3 is 2.65 bits per heavy atom. The van der Waals surface area contributed by atoms with E-state index in [1.165, 1.54) is 0 Å². The molecule has 0 saturated carbocycles. The minimum Gasteiger partial charge on any atom is -0.389 e. The van der Waals surface area contributed by atoms with Gasteiger partial charge in [0.1, 0.15) is 5.82 Å². The lowest BCUT2D eigenvalue weighted by Crippen LogP contribution is -2.42. The summed E-state index contributed by atoms with van der Waals surface area (Å²) in [6, 6.07) is 3.76. The van der Waals surface area contributed by atoms with Gasteiger partial charge in [0.2, 0.25) is 0 Å². The van der Waals surface area contributed by atoms with Crippen LogP contribution in [0, 0.1) is 0 Å². The molecule has 1 N–H and O–H groups in total. The molecule has 0 spiro atoms. The third-order valence-corrected chi connectivity index (χ3v) is 2.64. The summed E-state index contributed by atoms with van der Waals surface area (Å²) in [5.74, 6) is 0.829. The van der Waals surface area contributed by atoms with Crippen molar-refractivity contribution in [1.29, 1.82) is 0 Å². The Morgan fingerprint density at radius 1 is 1.53 bits per heavy atom. The zero-order chi connectivity index (χ0) is 13.1. The average Bonchev–Trinajstić information content (AvgIpc) is 2.24. The van der Waals surface area contributed by atoms with Crippen LogP contribution >= 0.6 is 0 Å². The number of hydrogen-bond acceptors (Lipinski definition) is 3. The molecule has 3 nitrogen and oxygen atoms in total. The lowest BCUT2D eigenvalue weighted by Gasteiger charge is -2.37. The Bertz CT molecular complexity index is 380. The minimum atomic E-state index is -0.520. The molecule has 0 aliphatic rings. The summed E-state index contributed by atoms with van der Waals surface area (Å²) < 4.78 is 0. The summed E-state index contributed by atoms with van der Waals surface area (Å²) in [7, 11) is 0. The second kappa shape index (κ2) is 5.32. The SMILES string of the molecule is C=CCN(c1ncccc1[C@H](C)O)C(C)(C)C. The molecule has 0 unspecified atom stereocenters. The van der Waals surface area contributed by atoms with Gasteiger partial charge in [0.25, 0.3) is 0 Å². The van der Waals surface area contributed by atoms with Crippen molar-refractivity contribution in [3.63, 3.8) is 0 Å². The number of anilines is 1. The summed E-state index contributed by atoms with van der Waals surface area (Å²) in [5, 5.41) is 9.79. The van der Waals surface area contributed by atoms with Crippen molar-refractivity contribution in [3.05, 3.63) is 36.5 Å². The monoisotopic (exact) mass is 234 g/mol. The third kappa shape index (κ3) is 3.30. The van der Waals surface area contributed by atoms with Gasteiger partial charge >= 0.3 is 0 Å². The summed E-state index contributed by atoms with van der Waals surface area (Å²) in [4.78, 5) is 6.54. The topological polar surface area (TPSA) is 36.4 Å². The molecule has 0 aliphatic carbocycles. The molecular formula is C14H22N2O. The molecule has 0 aromatic carbocycles. The largest absolute Gasteiger partial charge is 0.389 e. The van der Waals surface area contributed by atoms with Crippen molar-refractivity contribution in [2.45, 2.75) is 39.3 Å². The Hall–Kier alpha value is -1.35. The first-order chi connectivity index (χ1) is 7.88. The summed E-state index contributed by atoms with van der Waals surface area (Å²) >= 11 is 0. The van der Waals surface area contributed by atoms with E-state index in [2.05, 4.69) is 37.2 Å². The molecule has 1 atom stereocenters. The molecule has 0 radical (unpaired) electrons. The van der Waals surface area contributed by atoms with Crippen molar-refractivity contribution in [3.8, 4) is 0 Å². The van der Waals surface area contributed by atoms with Gasteiger partial charge in [-0.3, -0.25) is 0 Å².